The Hall–Kier alpha value is -3.06. The lowest BCUT2D eigenvalue weighted by atomic mass is 10.0. The number of unbranched alkanes of at least 4 members (excludes halogenated alkanes) is 1. The molecular formula is C22H24N2O2. The maximum atomic E-state index is 12.1. The van der Waals surface area contributed by atoms with Crippen molar-refractivity contribution < 1.29 is 9.53 Å². The fraction of sp³-hybridized carbons (Fsp3) is 0.273. The van der Waals surface area contributed by atoms with Gasteiger partial charge in [0.2, 0.25) is 5.91 Å². The molecule has 0 saturated carbocycles. The minimum Gasteiger partial charge on any atom is -0.493 e. The molecule has 1 amide bonds. The molecule has 2 aromatic carbocycles. The molecule has 0 unspecified atom stereocenters. The van der Waals surface area contributed by atoms with Crippen LogP contribution in [0.4, 0.5) is 5.69 Å². The molecule has 26 heavy (non-hydrogen) atoms. The lowest BCUT2D eigenvalue weighted by Crippen LogP contribution is -2.08. The van der Waals surface area contributed by atoms with E-state index < -0.39 is 0 Å². The van der Waals surface area contributed by atoms with Gasteiger partial charge < -0.3 is 10.1 Å². The van der Waals surface area contributed by atoms with Crippen LogP contribution in [0.15, 0.2) is 54.6 Å². The molecule has 4 nitrogen and oxygen atoms in total. The van der Waals surface area contributed by atoms with Crippen LogP contribution in [0.3, 0.4) is 0 Å². The molecule has 0 spiro atoms. The molecule has 0 aliphatic heterocycles. The van der Waals surface area contributed by atoms with Gasteiger partial charge in [-0.3, -0.25) is 4.79 Å². The quantitative estimate of drug-likeness (QED) is 0.530. The SMILES string of the molecule is CC(C)c1ccc(/C=C/C(=O)Nc2cccc(OCCCC#N)c2)cc1. The minimum atomic E-state index is -0.195. The maximum absolute atomic E-state index is 12.1. The molecule has 1 N–H and O–H groups in total. The summed E-state index contributed by atoms with van der Waals surface area (Å²) in [5, 5.41) is 11.3. The number of hydrogen-bond donors (Lipinski definition) is 1. The van der Waals surface area contributed by atoms with Gasteiger partial charge in [0.1, 0.15) is 5.75 Å². The second kappa shape index (κ2) is 10.0. The van der Waals surface area contributed by atoms with Gasteiger partial charge in [-0.15, -0.1) is 0 Å². The fourth-order valence-corrected chi connectivity index (χ4v) is 2.35. The average Bonchev–Trinajstić information content (AvgIpc) is 2.64. The number of anilines is 1. The Morgan fingerprint density at radius 3 is 2.69 bits per heavy atom. The highest BCUT2D eigenvalue weighted by Crippen LogP contribution is 2.18. The number of rotatable bonds is 8. The Morgan fingerprint density at radius 1 is 1.23 bits per heavy atom. The number of ether oxygens (including phenoxy) is 1. The number of nitrogens with zero attached hydrogens (tertiary/aromatic N) is 1. The number of hydrogen-bond acceptors (Lipinski definition) is 3. The predicted octanol–water partition coefficient (Wildman–Crippen LogP) is 5.14. The molecule has 0 heterocycles. The Kier molecular flexibility index (Phi) is 7.45. The van der Waals surface area contributed by atoms with Crippen molar-refractivity contribution in [3.05, 3.63) is 65.7 Å². The number of benzene rings is 2. The first-order valence-corrected chi connectivity index (χ1v) is 8.77. The van der Waals surface area contributed by atoms with Crippen LogP contribution < -0.4 is 10.1 Å². The number of nitrogens with one attached hydrogen (secondary N) is 1. The summed E-state index contributed by atoms with van der Waals surface area (Å²) >= 11 is 0. The van der Waals surface area contributed by atoms with Crippen molar-refractivity contribution in [1.82, 2.24) is 0 Å². The fourth-order valence-electron chi connectivity index (χ4n) is 2.35. The van der Waals surface area contributed by atoms with Crippen molar-refractivity contribution in [2.24, 2.45) is 0 Å². The van der Waals surface area contributed by atoms with Crippen molar-refractivity contribution in [1.29, 1.82) is 5.26 Å². The van der Waals surface area contributed by atoms with Crippen LogP contribution in [0.5, 0.6) is 5.75 Å². The summed E-state index contributed by atoms with van der Waals surface area (Å²) in [6.45, 7) is 4.79. The van der Waals surface area contributed by atoms with Gasteiger partial charge in [-0.2, -0.15) is 5.26 Å². The van der Waals surface area contributed by atoms with E-state index in [4.69, 9.17) is 10.00 Å². The first kappa shape index (κ1) is 19.3. The van der Waals surface area contributed by atoms with E-state index in [9.17, 15) is 4.79 Å². The molecule has 0 fully saturated rings. The maximum Gasteiger partial charge on any atom is 0.248 e. The van der Waals surface area contributed by atoms with Gasteiger partial charge in [0.25, 0.3) is 0 Å². The zero-order valence-electron chi connectivity index (χ0n) is 15.2. The van der Waals surface area contributed by atoms with Crippen molar-refractivity contribution >= 4 is 17.7 Å². The van der Waals surface area contributed by atoms with Gasteiger partial charge in [-0.1, -0.05) is 44.2 Å². The molecule has 0 radical (unpaired) electrons. The lowest BCUT2D eigenvalue weighted by Gasteiger charge is -2.07. The highest BCUT2D eigenvalue weighted by Gasteiger charge is 2.01. The van der Waals surface area contributed by atoms with E-state index >= 15 is 0 Å². The number of carbonyl (C=O) groups is 1. The average molecular weight is 348 g/mol. The Bertz CT molecular complexity index is 787. The summed E-state index contributed by atoms with van der Waals surface area (Å²) in [6, 6.07) is 17.5. The standard InChI is InChI=1S/C22H24N2O2/c1-17(2)19-11-8-18(9-12-19)10-13-22(25)24-20-6-5-7-21(16-20)26-15-4-3-14-23/h5-13,16-17H,3-4,15H2,1-2H3,(H,24,25)/b13-10+. The molecule has 0 saturated heterocycles. The molecule has 0 bridgehead atoms. The van der Waals surface area contributed by atoms with Crippen LogP contribution in [0.2, 0.25) is 0 Å². The van der Waals surface area contributed by atoms with Crippen LogP contribution in [0.1, 0.15) is 43.7 Å². The first-order chi connectivity index (χ1) is 12.6. The second-order valence-corrected chi connectivity index (χ2v) is 6.28. The van der Waals surface area contributed by atoms with Gasteiger partial charge in [0, 0.05) is 24.3 Å². The minimum absolute atomic E-state index is 0.195. The second-order valence-electron chi connectivity index (χ2n) is 6.28. The lowest BCUT2D eigenvalue weighted by molar-refractivity contribution is -0.111. The third-order valence-corrected chi connectivity index (χ3v) is 3.83. The van der Waals surface area contributed by atoms with Gasteiger partial charge in [-0.05, 0) is 41.7 Å². The van der Waals surface area contributed by atoms with Crippen LogP contribution in [0.25, 0.3) is 6.08 Å². The van der Waals surface area contributed by atoms with Crippen LogP contribution >= 0.6 is 0 Å². The van der Waals surface area contributed by atoms with Crippen molar-refractivity contribution in [3.63, 3.8) is 0 Å². The van der Waals surface area contributed by atoms with Gasteiger partial charge in [0.15, 0.2) is 0 Å². The Morgan fingerprint density at radius 2 is 2.00 bits per heavy atom. The molecule has 134 valence electrons. The summed E-state index contributed by atoms with van der Waals surface area (Å²) in [5.41, 5.74) is 2.94. The van der Waals surface area contributed by atoms with Crippen molar-refractivity contribution in [2.75, 3.05) is 11.9 Å². The molecule has 2 rings (SSSR count). The van der Waals surface area contributed by atoms with E-state index in [-0.39, 0.29) is 5.91 Å². The molecule has 0 aromatic heterocycles. The first-order valence-electron chi connectivity index (χ1n) is 8.77. The van der Waals surface area contributed by atoms with Gasteiger partial charge >= 0.3 is 0 Å². The third-order valence-electron chi connectivity index (χ3n) is 3.83. The molecular weight excluding hydrogens is 324 g/mol. The van der Waals surface area contributed by atoms with E-state index in [0.717, 1.165) is 5.56 Å². The Balaban J connectivity index is 1.89. The van der Waals surface area contributed by atoms with E-state index in [1.165, 1.54) is 11.6 Å². The largest absolute Gasteiger partial charge is 0.493 e. The summed E-state index contributed by atoms with van der Waals surface area (Å²) in [5.74, 6) is 0.972. The third kappa shape index (κ3) is 6.45. The molecule has 0 aliphatic carbocycles. The number of amides is 1. The van der Waals surface area contributed by atoms with Gasteiger partial charge in [-0.25, -0.2) is 0 Å². The highest BCUT2D eigenvalue weighted by molar-refractivity contribution is 6.02. The van der Waals surface area contributed by atoms with Crippen LogP contribution in [-0.4, -0.2) is 12.5 Å². The smallest absolute Gasteiger partial charge is 0.248 e. The number of nitriles is 1. The molecule has 0 aliphatic rings. The zero-order valence-corrected chi connectivity index (χ0v) is 15.2. The molecule has 4 heteroatoms. The topological polar surface area (TPSA) is 62.1 Å². The van der Waals surface area contributed by atoms with Crippen LogP contribution in [-0.2, 0) is 4.79 Å². The Labute approximate surface area is 155 Å². The monoisotopic (exact) mass is 348 g/mol. The summed E-state index contributed by atoms with van der Waals surface area (Å²) in [4.78, 5) is 12.1. The zero-order chi connectivity index (χ0) is 18.8. The van der Waals surface area contributed by atoms with E-state index in [0.29, 0.717) is 36.8 Å². The van der Waals surface area contributed by atoms with Crippen molar-refractivity contribution in [2.45, 2.75) is 32.6 Å². The van der Waals surface area contributed by atoms with E-state index in [1.54, 1.807) is 12.1 Å². The predicted molar refractivity (Wildman–Crippen MR) is 105 cm³/mol. The van der Waals surface area contributed by atoms with E-state index in [2.05, 4.69) is 37.4 Å². The summed E-state index contributed by atoms with van der Waals surface area (Å²) in [6.07, 6.45) is 4.47. The van der Waals surface area contributed by atoms with E-state index in [1.807, 2.05) is 30.3 Å². The summed E-state index contributed by atoms with van der Waals surface area (Å²) < 4.78 is 5.57. The number of carbonyl (C=O) groups excluding carboxylic acids is 1. The van der Waals surface area contributed by atoms with Crippen LogP contribution in [0, 0.1) is 11.3 Å². The highest BCUT2D eigenvalue weighted by atomic mass is 16.5. The molecule has 0 atom stereocenters. The molecule has 2 aromatic rings. The normalized spacial score (nSPS) is 10.7. The van der Waals surface area contributed by atoms with Crippen molar-refractivity contribution in [3.8, 4) is 11.8 Å². The van der Waals surface area contributed by atoms with Gasteiger partial charge in [0.05, 0.1) is 12.7 Å². The summed E-state index contributed by atoms with van der Waals surface area (Å²) in [7, 11) is 0.